The quantitative estimate of drug-likeness (QED) is 0.514. The molecule has 0 aliphatic carbocycles. The van der Waals surface area contributed by atoms with Crippen LogP contribution in [0.15, 0.2) is 0 Å². The number of unbranched alkanes of at least 4 members (excludes halogenated alkanes) is 6. The molecule has 0 aliphatic heterocycles. The molecule has 3 nitrogen and oxygen atoms in total. The fraction of sp³-hybridized carbons (Fsp3) is 1.00. The highest BCUT2D eigenvalue weighted by atomic mass is 32.2. The molecule has 0 saturated heterocycles. The third kappa shape index (κ3) is 8.20. The molecule has 128 valence electrons. The largest absolute Gasteiger partial charge is 0.312 e. The van der Waals surface area contributed by atoms with Crippen LogP contribution in [0.5, 0.6) is 0 Å². The lowest BCUT2D eigenvalue weighted by atomic mass is 9.96. The molecule has 0 radical (unpaired) electrons. The molecule has 21 heavy (non-hydrogen) atoms. The van der Waals surface area contributed by atoms with E-state index in [0.717, 1.165) is 25.8 Å². The van der Waals surface area contributed by atoms with Gasteiger partial charge in [-0.1, -0.05) is 58.8 Å². The van der Waals surface area contributed by atoms with Gasteiger partial charge in [0.25, 0.3) is 0 Å². The molecule has 0 aliphatic rings. The number of hydrogen-bond donors (Lipinski definition) is 1. The Morgan fingerprint density at radius 1 is 0.905 bits per heavy atom. The Balaban J connectivity index is 4.26. The zero-order valence-corrected chi connectivity index (χ0v) is 15.7. The van der Waals surface area contributed by atoms with Crippen molar-refractivity contribution < 1.29 is 8.42 Å². The minimum absolute atomic E-state index is 0.0584. The summed E-state index contributed by atoms with van der Waals surface area (Å²) in [7, 11) is -3.05. The van der Waals surface area contributed by atoms with Crippen LogP contribution in [0.25, 0.3) is 0 Å². The van der Waals surface area contributed by atoms with Crippen LogP contribution in [0.1, 0.15) is 85.5 Å². The first kappa shape index (κ1) is 20.9. The Kier molecular flexibility index (Phi) is 10.6. The van der Waals surface area contributed by atoms with Crippen LogP contribution < -0.4 is 5.32 Å². The van der Waals surface area contributed by atoms with E-state index in [-0.39, 0.29) is 6.04 Å². The van der Waals surface area contributed by atoms with Crippen LogP contribution in [0, 0.1) is 0 Å². The second kappa shape index (κ2) is 10.6. The van der Waals surface area contributed by atoms with E-state index >= 15 is 0 Å². The van der Waals surface area contributed by atoms with Crippen LogP contribution in [0.3, 0.4) is 0 Å². The molecule has 0 spiro atoms. The van der Waals surface area contributed by atoms with Crippen molar-refractivity contribution in [3.63, 3.8) is 0 Å². The van der Waals surface area contributed by atoms with Crippen LogP contribution in [0.2, 0.25) is 0 Å². The standard InChI is InChI=1S/C17H37NO2S/c1-6-8-9-10-11-12-13-14-16(18-15-7-2)17(3,4)21(5,19)20/h16,18H,6-15H2,1-5H3. The molecular weight excluding hydrogens is 282 g/mol. The van der Waals surface area contributed by atoms with Crippen molar-refractivity contribution in [3.05, 3.63) is 0 Å². The van der Waals surface area contributed by atoms with E-state index in [2.05, 4.69) is 19.2 Å². The first-order valence-electron chi connectivity index (χ1n) is 8.70. The molecule has 4 heteroatoms. The highest BCUT2D eigenvalue weighted by Gasteiger charge is 2.38. The summed E-state index contributed by atoms with van der Waals surface area (Å²) >= 11 is 0. The van der Waals surface area contributed by atoms with Gasteiger partial charge in [-0.15, -0.1) is 0 Å². The topological polar surface area (TPSA) is 46.2 Å². The van der Waals surface area contributed by atoms with Gasteiger partial charge in [-0.3, -0.25) is 0 Å². The van der Waals surface area contributed by atoms with E-state index in [9.17, 15) is 8.42 Å². The van der Waals surface area contributed by atoms with Crippen molar-refractivity contribution >= 4 is 9.84 Å². The lowest BCUT2D eigenvalue weighted by molar-refractivity contribution is 0.374. The summed E-state index contributed by atoms with van der Waals surface area (Å²) < 4.78 is 23.4. The maximum Gasteiger partial charge on any atom is 0.154 e. The van der Waals surface area contributed by atoms with Gasteiger partial charge >= 0.3 is 0 Å². The molecule has 0 amide bonds. The van der Waals surface area contributed by atoms with Crippen molar-refractivity contribution in [2.45, 2.75) is 96.3 Å². The Morgan fingerprint density at radius 3 is 1.90 bits per heavy atom. The predicted octanol–water partition coefficient (Wildman–Crippen LogP) is 4.32. The maximum atomic E-state index is 12.0. The Labute approximate surface area is 133 Å². The molecule has 0 aromatic heterocycles. The summed E-state index contributed by atoms with van der Waals surface area (Å²) in [6.07, 6.45) is 12.2. The maximum absolute atomic E-state index is 12.0. The summed E-state index contributed by atoms with van der Waals surface area (Å²) in [5, 5.41) is 3.45. The summed E-state index contributed by atoms with van der Waals surface area (Å²) in [6.45, 7) is 8.95. The predicted molar refractivity (Wildman–Crippen MR) is 93.6 cm³/mol. The molecule has 1 atom stereocenters. The molecule has 0 heterocycles. The Bertz CT molecular complexity index is 350. The molecule has 0 rings (SSSR count). The lowest BCUT2D eigenvalue weighted by Gasteiger charge is -2.33. The molecule has 0 aromatic rings. The second-order valence-corrected chi connectivity index (χ2v) is 9.39. The summed E-state index contributed by atoms with van der Waals surface area (Å²) in [6, 6.07) is 0.0584. The normalized spacial score (nSPS) is 14.3. The van der Waals surface area contributed by atoms with Gasteiger partial charge in [0.15, 0.2) is 9.84 Å². The highest BCUT2D eigenvalue weighted by molar-refractivity contribution is 7.92. The molecule has 1 N–H and O–H groups in total. The summed E-state index contributed by atoms with van der Waals surface area (Å²) in [4.78, 5) is 0. The SMILES string of the molecule is CCCCCCCCCC(NCCC)C(C)(C)S(C)(=O)=O. The van der Waals surface area contributed by atoms with Crippen LogP contribution >= 0.6 is 0 Å². The Hall–Kier alpha value is -0.0900. The number of sulfone groups is 1. The fourth-order valence-electron chi connectivity index (χ4n) is 2.58. The van der Waals surface area contributed by atoms with Gasteiger partial charge in [0, 0.05) is 12.3 Å². The van der Waals surface area contributed by atoms with E-state index in [4.69, 9.17) is 0 Å². The van der Waals surface area contributed by atoms with E-state index in [1.807, 2.05) is 13.8 Å². The molecule has 1 unspecified atom stereocenters. The van der Waals surface area contributed by atoms with Crippen LogP contribution in [0.4, 0.5) is 0 Å². The third-order valence-corrected chi connectivity index (χ3v) is 6.73. The van der Waals surface area contributed by atoms with Gasteiger partial charge < -0.3 is 5.32 Å². The van der Waals surface area contributed by atoms with Gasteiger partial charge in [-0.05, 0) is 33.2 Å². The zero-order valence-electron chi connectivity index (χ0n) is 14.9. The Morgan fingerprint density at radius 2 is 1.43 bits per heavy atom. The minimum Gasteiger partial charge on any atom is -0.312 e. The smallest absolute Gasteiger partial charge is 0.154 e. The highest BCUT2D eigenvalue weighted by Crippen LogP contribution is 2.24. The van der Waals surface area contributed by atoms with Gasteiger partial charge in [-0.25, -0.2) is 8.42 Å². The zero-order chi connectivity index (χ0) is 16.4. The van der Waals surface area contributed by atoms with Crippen LogP contribution in [-0.4, -0.2) is 32.0 Å². The average Bonchev–Trinajstić information content (AvgIpc) is 2.39. The van der Waals surface area contributed by atoms with Gasteiger partial charge in [0.2, 0.25) is 0 Å². The first-order chi connectivity index (χ1) is 9.77. The van der Waals surface area contributed by atoms with Crippen molar-refractivity contribution in [1.29, 1.82) is 0 Å². The van der Waals surface area contributed by atoms with E-state index in [1.165, 1.54) is 44.8 Å². The summed E-state index contributed by atoms with van der Waals surface area (Å²) in [5.74, 6) is 0. The number of hydrogen-bond acceptors (Lipinski definition) is 3. The van der Waals surface area contributed by atoms with Crippen molar-refractivity contribution in [1.82, 2.24) is 5.32 Å². The lowest BCUT2D eigenvalue weighted by Crippen LogP contribution is -2.51. The van der Waals surface area contributed by atoms with Crippen molar-refractivity contribution in [2.75, 3.05) is 12.8 Å². The molecule has 0 saturated carbocycles. The second-order valence-electron chi connectivity index (χ2n) is 6.79. The minimum atomic E-state index is -3.05. The van der Waals surface area contributed by atoms with Crippen molar-refractivity contribution in [2.24, 2.45) is 0 Å². The third-order valence-electron chi connectivity index (χ3n) is 4.53. The fourth-order valence-corrected chi connectivity index (χ4v) is 3.30. The molecule has 0 aromatic carbocycles. The monoisotopic (exact) mass is 319 g/mol. The van der Waals surface area contributed by atoms with Gasteiger partial charge in [-0.2, -0.15) is 0 Å². The van der Waals surface area contributed by atoms with E-state index in [1.54, 1.807) is 0 Å². The van der Waals surface area contributed by atoms with Gasteiger partial charge in [0.05, 0.1) is 4.75 Å². The molecule has 0 fully saturated rings. The molecular formula is C17H37NO2S. The first-order valence-corrected chi connectivity index (χ1v) is 10.6. The van der Waals surface area contributed by atoms with E-state index < -0.39 is 14.6 Å². The van der Waals surface area contributed by atoms with Crippen molar-refractivity contribution in [3.8, 4) is 0 Å². The number of nitrogens with one attached hydrogen (secondary N) is 1. The molecule has 0 bridgehead atoms. The van der Waals surface area contributed by atoms with Gasteiger partial charge in [0.1, 0.15) is 0 Å². The number of rotatable bonds is 13. The average molecular weight is 320 g/mol. The van der Waals surface area contributed by atoms with E-state index in [0.29, 0.717) is 0 Å². The van der Waals surface area contributed by atoms with Crippen LogP contribution in [-0.2, 0) is 9.84 Å². The summed E-state index contributed by atoms with van der Waals surface area (Å²) in [5.41, 5.74) is 0.